The number of fused-ring (bicyclic) bond motifs is 1. The fraction of sp³-hybridized carbons (Fsp3) is 0.150. The number of aliphatic imine (C=N–C) groups is 1. The van der Waals surface area contributed by atoms with Crippen LogP contribution in [0.5, 0.6) is 0 Å². The minimum Gasteiger partial charge on any atom is -0.402 e. The number of ether oxygens (including phenoxy) is 1. The van der Waals surface area contributed by atoms with Crippen molar-refractivity contribution >= 4 is 34.7 Å². The Bertz CT molecular complexity index is 1370. The molecule has 0 fully saturated rings. The van der Waals surface area contributed by atoms with E-state index in [1.807, 2.05) is 6.92 Å². The molecule has 1 amide bonds. The van der Waals surface area contributed by atoms with Gasteiger partial charge in [0.2, 0.25) is 0 Å². The first-order valence-electron chi connectivity index (χ1n) is 9.04. The van der Waals surface area contributed by atoms with Gasteiger partial charge in [-0.25, -0.2) is 15.0 Å². The van der Waals surface area contributed by atoms with Gasteiger partial charge in [0, 0.05) is 18.0 Å². The summed E-state index contributed by atoms with van der Waals surface area (Å²) in [6, 6.07) is 0.155. The average molecular weight is 456 g/mol. The molecule has 0 aliphatic heterocycles. The van der Waals surface area contributed by atoms with Crippen LogP contribution in [-0.2, 0) is 4.74 Å². The normalized spacial score (nSPS) is 11.6. The molecule has 168 valence electrons. The van der Waals surface area contributed by atoms with Gasteiger partial charge in [-0.2, -0.15) is 18.2 Å². The third-order valence-corrected chi connectivity index (χ3v) is 4.15. The van der Waals surface area contributed by atoms with Crippen LogP contribution in [0.15, 0.2) is 29.6 Å². The van der Waals surface area contributed by atoms with Crippen LogP contribution in [-0.4, -0.2) is 43.9 Å². The van der Waals surface area contributed by atoms with Crippen molar-refractivity contribution in [3.63, 3.8) is 0 Å². The number of anilines is 1. The number of nitrogens with one attached hydrogen (secondary N) is 1. The quantitative estimate of drug-likeness (QED) is 0.284. The summed E-state index contributed by atoms with van der Waals surface area (Å²) in [6.45, 7) is 3.60. The predicted octanol–water partition coefficient (Wildman–Crippen LogP) is 2.03. The van der Waals surface area contributed by atoms with Gasteiger partial charge >= 0.3 is 6.18 Å². The number of amidine groups is 1. The highest BCUT2D eigenvalue weighted by atomic mass is 19.4. The molecule has 0 unspecified atom stereocenters. The van der Waals surface area contributed by atoms with Crippen LogP contribution in [0.3, 0.4) is 0 Å². The van der Waals surface area contributed by atoms with Crippen molar-refractivity contribution in [3.8, 4) is 11.8 Å². The van der Waals surface area contributed by atoms with Crippen molar-refractivity contribution in [3.05, 3.63) is 52.7 Å². The number of amides is 1. The second-order valence-electron chi connectivity index (χ2n) is 6.54. The molecule has 3 rings (SSSR count). The minimum absolute atomic E-state index is 0.123. The standard InChI is InChI=1S/C20H15F3N8O2/c1-9-10(2)30-15-13(16(24)28-8-14(15)29-9)4-3-11-5-12(7-27-6-11)17(32)31-19(26)33-18(25)20(21,22)23/h5-8,25H,1-2H3,(H2,24,28)(H2,26,31,32). The Labute approximate surface area is 184 Å². The van der Waals surface area contributed by atoms with Crippen molar-refractivity contribution in [2.24, 2.45) is 10.7 Å². The number of hydrogen-bond acceptors (Lipinski definition) is 8. The summed E-state index contributed by atoms with van der Waals surface area (Å²) in [7, 11) is 0. The lowest BCUT2D eigenvalue weighted by Gasteiger charge is -2.08. The second-order valence-corrected chi connectivity index (χ2v) is 6.54. The van der Waals surface area contributed by atoms with E-state index >= 15 is 0 Å². The Morgan fingerprint density at radius 1 is 1.15 bits per heavy atom. The zero-order valence-electron chi connectivity index (χ0n) is 17.2. The Balaban J connectivity index is 1.90. The largest absolute Gasteiger partial charge is 0.468 e. The number of nitrogen functional groups attached to an aromatic ring is 1. The number of nitrogens with zero attached hydrogens (tertiary/aromatic N) is 5. The summed E-state index contributed by atoms with van der Waals surface area (Å²) in [5, 5.41) is 6.71. The smallest absolute Gasteiger partial charge is 0.402 e. The van der Waals surface area contributed by atoms with Gasteiger partial charge in [0.1, 0.15) is 16.9 Å². The number of rotatable bonds is 1. The second kappa shape index (κ2) is 8.87. The number of halogens is 3. The first kappa shape index (κ1) is 23.1. The maximum absolute atomic E-state index is 12.3. The third-order valence-electron chi connectivity index (χ3n) is 4.15. The summed E-state index contributed by atoms with van der Waals surface area (Å²) >= 11 is 0. The van der Waals surface area contributed by atoms with E-state index in [1.54, 1.807) is 6.92 Å². The average Bonchev–Trinajstić information content (AvgIpc) is 2.73. The molecule has 0 saturated heterocycles. The number of pyridine rings is 2. The summed E-state index contributed by atoms with van der Waals surface area (Å²) in [4.78, 5) is 32.2. The summed E-state index contributed by atoms with van der Waals surface area (Å²) in [5.74, 6) is 2.61. The number of carbonyl (C=O) groups is 1. The monoisotopic (exact) mass is 456 g/mol. The van der Waals surface area contributed by atoms with Gasteiger partial charge in [0.25, 0.3) is 17.8 Å². The molecule has 0 aromatic carbocycles. The predicted molar refractivity (Wildman–Crippen MR) is 112 cm³/mol. The molecular weight excluding hydrogens is 441 g/mol. The molecule has 5 N–H and O–H groups in total. The van der Waals surface area contributed by atoms with Crippen LogP contribution in [0, 0.1) is 31.1 Å². The molecule has 0 atom stereocenters. The Hall–Kier alpha value is -4.60. The van der Waals surface area contributed by atoms with Crippen LogP contribution in [0.1, 0.15) is 32.9 Å². The van der Waals surface area contributed by atoms with Gasteiger partial charge in [-0.05, 0) is 19.9 Å². The zero-order chi connectivity index (χ0) is 24.3. The van der Waals surface area contributed by atoms with Gasteiger partial charge in [-0.1, -0.05) is 11.8 Å². The van der Waals surface area contributed by atoms with Gasteiger partial charge in [-0.3, -0.25) is 15.2 Å². The number of carbonyl (C=O) groups excluding carboxylic acids is 1. The van der Waals surface area contributed by atoms with Crippen LogP contribution in [0.25, 0.3) is 11.0 Å². The molecule has 0 bridgehead atoms. The SMILES string of the molecule is Cc1nc2cnc(N)c(C#Cc3cncc(C(=O)N=C(N)OC(=N)C(F)(F)F)c3)c2nc1C. The molecule has 0 radical (unpaired) electrons. The van der Waals surface area contributed by atoms with Crippen LogP contribution in [0.4, 0.5) is 19.0 Å². The first-order valence-corrected chi connectivity index (χ1v) is 9.04. The maximum Gasteiger partial charge on any atom is 0.468 e. The van der Waals surface area contributed by atoms with Crippen LogP contribution in [0.2, 0.25) is 0 Å². The van der Waals surface area contributed by atoms with E-state index in [0.717, 1.165) is 11.9 Å². The Kier molecular flexibility index (Phi) is 6.20. The topological polar surface area (TPSA) is 166 Å². The van der Waals surface area contributed by atoms with Gasteiger partial charge < -0.3 is 16.2 Å². The molecule has 10 nitrogen and oxygen atoms in total. The molecule has 0 spiro atoms. The fourth-order valence-corrected chi connectivity index (χ4v) is 2.44. The summed E-state index contributed by atoms with van der Waals surface area (Å²) in [6.07, 6.45) is -1.12. The lowest BCUT2D eigenvalue weighted by atomic mass is 10.1. The maximum atomic E-state index is 12.3. The Morgan fingerprint density at radius 2 is 1.85 bits per heavy atom. The summed E-state index contributed by atoms with van der Waals surface area (Å²) in [5.41, 5.74) is 14.0. The highest BCUT2D eigenvalue weighted by molar-refractivity contribution is 6.03. The molecule has 0 saturated carbocycles. The van der Waals surface area contributed by atoms with Crippen molar-refractivity contribution < 1.29 is 22.7 Å². The number of alkyl halides is 3. The number of nitrogens with two attached hydrogens (primary N) is 2. The van der Waals surface area contributed by atoms with E-state index < -0.39 is 24.0 Å². The van der Waals surface area contributed by atoms with E-state index in [1.165, 1.54) is 18.5 Å². The van der Waals surface area contributed by atoms with Crippen LogP contribution < -0.4 is 11.5 Å². The number of aromatic nitrogens is 4. The van der Waals surface area contributed by atoms with Crippen molar-refractivity contribution in [2.45, 2.75) is 20.0 Å². The molecule has 0 aliphatic carbocycles. The van der Waals surface area contributed by atoms with E-state index in [-0.39, 0.29) is 16.9 Å². The lowest BCUT2D eigenvalue weighted by Crippen LogP contribution is -2.31. The molecular formula is C20H15F3N8O2. The van der Waals surface area contributed by atoms with Gasteiger partial charge in [0.15, 0.2) is 0 Å². The molecule has 13 heteroatoms. The van der Waals surface area contributed by atoms with Crippen LogP contribution >= 0.6 is 0 Å². The number of hydrogen-bond donors (Lipinski definition) is 3. The van der Waals surface area contributed by atoms with E-state index in [2.05, 4.69) is 41.5 Å². The van der Waals surface area contributed by atoms with Crippen molar-refractivity contribution in [1.29, 1.82) is 5.41 Å². The van der Waals surface area contributed by atoms with E-state index in [9.17, 15) is 18.0 Å². The molecule has 33 heavy (non-hydrogen) atoms. The molecule has 3 aromatic heterocycles. The molecule has 3 aromatic rings. The van der Waals surface area contributed by atoms with Crippen molar-refractivity contribution in [2.75, 3.05) is 5.73 Å². The van der Waals surface area contributed by atoms with E-state index in [0.29, 0.717) is 22.3 Å². The van der Waals surface area contributed by atoms with Gasteiger partial charge in [-0.15, -0.1) is 0 Å². The fourth-order valence-electron chi connectivity index (χ4n) is 2.44. The first-order chi connectivity index (χ1) is 15.5. The summed E-state index contributed by atoms with van der Waals surface area (Å²) < 4.78 is 41.0. The van der Waals surface area contributed by atoms with Gasteiger partial charge in [0.05, 0.1) is 28.7 Å². The lowest BCUT2D eigenvalue weighted by molar-refractivity contribution is -0.0729. The number of aryl methyl sites for hydroxylation is 2. The Morgan fingerprint density at radius 3 is 2.55 bits per heavy atom. The van der Waals surface area contributed by atoms with Crippen molar-refractivity contribution in [1.82, 2.24) is 19.9 Å². The molecule has 3 heterocycles. The molecule has 0 aliphatic rings. The third kappa shape index (κ3) is 5.37. The highest BCUT2D eigenvalue weighted by Gasteiger charge is 2.37. The van der Waals surface area contributed by atoms with E-state index in [4.69, 9.17) is 16.9 Å². The highest BCUT2D eigenvalue weighted by Crippen LogP contribution is 2.20. The zero-order valence-corrected chi connectivity index (χ0v) is 17.2. The minimum atomic E-state index is -5.07.